The molecule has 2 aromatic rings. The van der Waals surface area contributed by atoms with Crippen LogP contribution in [0.4, 0.5) is 0 Å². The normalized spacial score (nSPS) is 11.8. The zero-order valence-electron chi connectivity index (χ0n) is 9.25. The molecule has 0 aliphatic heterocycles. The molecule has 84 valence electrons. The summed E-state index contributed by atoms with van der Waals surface area (Å²) in [6, 6.07) is 7.27. The predicted molar refractivity (Wildman–Crippen MR) is 66.0 cm³/mol. The van der Waals surface area contributed by atoms with Gasteiger partial charge in [0.15, 0.2) is 5.78 Å². The molecule has 3 nitrogen and oxygen atoms in total. The molecule has 1 unspecified atom stereocenters. The SMILES string of the molecule is Cc1csc(C(=O)C(C#N)c2ccncc2)c1. The molecule has 0 bridgehead atoms. The van der Waals surface area contributed by atoms with Gasteiger partial charge in [-0.25, -0.2) is 0 Å². The van der Waals surface area contributed by atoms with E-state index >= 15 is 0 Å². The molecule has 0 aliphatic rings. The molecular weight excluding hydrogens is 232 g/mol. The van der Waals surface area contributed by atoms with Gasteiger partial charge in [-0.2, -0.15) is 5.26 Å². The number of rotatable bonds is 3. The number of thiophene rings is 1. The third-order valence-electron chi connectivity index (χ3n) is 2.40. The quantitative estimate of drug-likeness (QED) is 0.777. The Morgan fingerprint density at radius 3 is 2.71 bits per heavy atom. The average molecular weight is 242 g/mol. The summed E-state index contributed by atoms with van der Waals surface area (Å²) in [7, 11) is 0. The van der Waals surface area contributed by atoms with E-state index in [1.165, 1.54) is 11.3 Å². The van der Waals surface area contributed by atoms with Crippen molar-refractivity contribution in [2.24, 2.45) is 0 Å². The van der Waals surface area contributed by atoms with Crippen molar-refractivity contribution in [3.63, 3.8) is 0 Å². The van der Waals surface area contributed by atoms with E-state index in [2.05, 4.69) is 11.1 Å². The Morgan fingerprint density at radius 1 is 1.47 bits per heavy atom. The van der Waals surface area contributed by atoms with E-state index < -0.39 is 5.92 Å². The first kappa shape index (κ1) is 11.5. The Morgan fingerprint density at radius 2 is 2.18 bits per heavy atom. The summed E-state index contributed by atoms with van der Waals surface area (Å²) in [4.78, 5) is 16.7. The first-order chi connectivity index (χ1) is 8.22. The van der Waals surface area contributed by atoms with Crippen LogP contribution in [-0.2, 0) is 0 Å². The molecule has 0 saturated carbocycles. The van der Waals surface area contributed by atoms with E-state index in [4.69, 9.17) is 5.26 Å². The van der Waals surface area contributed by atoms with Gasteiger partial charge in [0.05, 0.1) is 10.9 Å². The van der Waals surface area contributed by atoms with Crippen LogP contribution >= 0.6 is 11.3 Å². The molecular formula is C13H10N2OS. The van der Waals surface area contributed by atoms with Gasteiger partial charge in [-0.1, -0.05) is 0 Å². The molecule has 2 heterocycles. The van der Waals surface area contributed by atoms with Gasteiger partial charge in [-0.3, -0.25) is 9.78 Å². The van der Waals surface area contributed by atoms with Crippen molar-refractivity contribution in [3.8, 4) is 6.07 Å². The number of nitrogens with zero attached hydrogens (tertiary/aromatic N) is 2. The standard InChI is InChI=1S/C13H10N2OS/c1-9-6-12(17-8-9)13(16)11(7-14)10-2-4-15-5-3-10/h2-6,8,11H,1H3. The molecule has 0 aliphatic carbocycles. The van der Waals surface area contributed by atoms with E-state index in [1.54, 1.807) is 24.5 Å². The first-order valence-corrected chi connectivity index (χ1v) is 5.99. The highest BCUT2D eigenvalue weighted by atomic mass is 32.1. The predicted octanol–water partition coefficient (Wildman–Crippen LogP) is 2.94. The summed E-state index contributed by atoms with van der Waals surface area (Å²) < 4.78 is 0. The van der Waals surface area contributed by atoms with Gasteiger partial charge in [0, 0.05) is 12.4 Å². The molecule has 0 aromatic carbocycles. The lowest BCUT2D eigenvalue weighted by Gasteiger charge is -2.05. The lowest BCUT2D eigenvalue weighted by atomic mass is 9.96. The highest BCUT2D eigenvalue weighted by molar-refractivity contribution is 7.12. The second-order valence-corrected chi connectivity index (χ2v) is 4.61. The number of pyridine rings is 1. The Bertz CT molecular complexity index is 569. The largest absolute Gasteiger partial charge is 0.291 e. The summed E-state index contributed by atoms with van der Waals surface area (Å²) in [5.41, 5.74) is 1.74. The lowest BCUT2D eigenvalue weighted by Crippen LogP contribution is -2.09. The number of hydrogen-bond donors (Lipinski definition) is 0. The number of Topliss-reactive ketones (excluding diaryl/α,β-unsaturated/α-hetero) is 1. The number of ketones is 1. The van der Waals surface area contributed by atoms with Crippen LogP contribution in [0.1, 0.15) is 26.7 Å². The van der Waals surface area contributed by atoms with Crippen LogP contribution in [0.3, 0.4) is 0 Å². The van der Waals surface area contributed by atoms with Gasteiger partial charge in [0.1, 0.15) is 5.92 Å². The van der Waals surface area contributed by atoms with Crippen molar-refractivity contribution in [3.05, 3.63) is 52.0 Å². The van der Waals surface area contributed by atoms with Crippen molar-refractivity contribution in [1.29, 1.82) is 5.26 Å². The monoisotopic (exact) mass is 242 g/mol. The number of carbonyl (C=O) groups excluding carboxylic acids is 1. The maximum atomic E-state index is 12.2. The number of hydrogen-bond acceptors (Lipinski definition) is 4. The molecule has 17 heavy (non-hydrogen) atoms. The number of nitriles is 1. The van der Waals surface area contributed by atoms with Gasteiger partial charge in [0.2, 0.25) is 0 Å². The Labute approximate surface area is 103 Å². The van der Waals surface area contributed by atoms with E-state index in [1.807, 2.05) is 18.4 Å². The maximum Gasteiger partial charge on any atom is 0.194 e. The Balaban J connectivity index is 2.32. The van der Waals surface area contributed by atoms with Crippen LogP contribution in [0.15, 0.2) is 36.0 Å². The van der Waals surface area contributed by atoms with Crippen LogP contribution in [0.2, 0.25) is 0 Å². The molecule has 0 spiro atoms. The minimum atomic E-state index is -0.740. The number of aromatic nitrogens is 1. The summed E-state index contributed by atoms with van der Waals surface area (Å²) in [5, 5.41) is 11.0. The smallest absolute Gasteiger partial charge is 0.194 e. The molecule has 4 heteroatoms. The average Bonchev–Trinajstić information content (AvgIpc) is 2.78. The Hall–Kier alpha value is -1.99. The van der Waals surface area contributed by atoms with Gasteiger partial charge in [-0.15, -0.1) is 11.3 Å². The number of aryl methyl sites for hydroxylation is 1. The van der Waals surface area contributed by atoms with E-state index in [0.29, 0.717) is 10.4 Å². The van der Waals surface area contributed by atoms with E-state index in [9.17, 15) is 4.79 Å². The minimum Gasteiger partial charge on any atom is -0.291 e. The fourth-order valence-electron chi connectivity index (χ4n) is 1.54. The molecule has 0 radical (unpaired) electrons. The fourth-order valence-corrected chi connectivity index (χ4v) is 2.41. The van der Waals surface area contributed by atoms with Crippen LogP contribution in [-0.4, -0.2) is 10.8 Å². The zero-order chi connectivity index (χ0) is 12.3. The van der Waals surface area contributed by atoms with Crippen molar-refractivity contribution in [2.45, 2.75) is 12.8 Å². The van der Waals surface area contributed by atoms with Gasteiger partial charge in [-0.05, 0) is 41.6 Å². The van der Waals surface area contributed by atoms with Crippen molar-refractivity contribution < 1.29 is 4.79 Å². The third kappa shape index (κ3) is 2.40. The topological polar surface area (TPSA) is 53.8 Å². The van der Waals surface area contributed by atoms with Crippen LogP contribution in [0.25, 0.3) is 0 Å². The molecule has 2 aromatic heterocycles. The van der Waals surface area contributed by atoms with Gasteiger partial charge < -0.3 is 0 Å². The van der Waals surface area contributed by atoms with E-state index in [0.717, 1.165) is 5.56 Å². The van der Waals surface area contributed by atoms with E-state index in [-0.39, 0.29) is 5.78 Å². The highest BCUT2D eigenvalue weighted by Gasteiger charge is 2.22. The minimum absolute atomic E-state index is 0.142. The highest BCUT2D eigenvalue weighted by Crippen LogP contribution is 2.23. The van der Waals surface area contributed by atoms with Crippen LogP contribution in [0.5, 0.6) is 0 Å². The van der Waals surface area contributed by atoms with Crippen LogP contribution < -0.4 is 0 Å². The summed E-state index contributed by atoms with van der Waals surface area (Å²) in [5.74, 6) is -0.882. The summed E-state index contributed by atoms with van der Waals surface area (Å²) in [6.45, 7) is 1.93. The molecule has 1 atom stereocenters. The third-order valence-corrected chi connectivity index (χ3v) is 3.47. The zero-order valence-corrected chi connectivity index (χ0v) is 10.1. The number of carbonyl (C=O) groups is 1. The summed E-state index contributed by atoms with van der Waals surface area (Å²) >= 11 is 1.38. The van der Waals surface area contributed by atoms with Crippen molar-refractivity contribution >= 4 is 17.1 Å². The molecule has 0 fully saturated rings. The molecule has 0 saturated heterocycles. The van der Waals surface area contributed by atoms with Gasteiger partial charge in [0.25, 0.3) is 0 Å². The first-order valence-electron chi connectivity index (χ1n) is 5.11. The van der Waals surface area contributed by atoms with Crippen LogP contribution in [0, 0.1) is 18.3 Å². The lowest BCUT2D eigenvalue weighted by molar-refractivity contribution is 0.0982. The fraction of sp³-hybridized carbons (Fsp3) is 0.154. The second-order valence-electron chi connectivity index (χ2n) is 3.70. The summed E-state index contributed by atoms with van der Waals surface area (Å²) in [6.07, 6.45) is 3.18. The molecule has 0 amide bonds. The van der Waals surface area contributed by atoms with Crippen molar-refractivity contribution in [2.75, 3.05) is 0 Å². The molecule has 0 N–H and O–H groups in total. The van der Waals surface area contributed by atoms with Crippen molar-refractivity contribution in [1.82, 2.24) is 4.98 Å². The molecule has 2 rings (SSSR count). The Kier molecular flexibility index (Phi) is 3.31. The second kappa shape index (κ2) is 4.89. The van der Waals surface area contributed by atoms with Gasteiger partial charge >= 0.3 is 0 Å². The maximum absolute atomic E-state index is 12.2.